The number of benzene rings is 2. The Labute approximate surface area is 193 Å². The third kappa shape index (κ3) is 4.64. The third-order valence-corrected chi connectivity index (χ3v) is 5.99. The number of carbonyl (C=O) groups is 3. The zero-order valence-corrected chi connectivity index (χ0v) is 18.6. The van der Waals surface area contributed by atoms with Gasteiger partial charge in [-0.15, -0.1) is 0 Å². The molecule has 1 fully saturated rings. The molecule has 0 saturated carbocycles. The lowest BCUT2D eigenvalue weighted by Crippen LogP contribution is -2.27. The first-order valence-electron chi connectivity index (χ1n) is 9.82. The van der Waals surface area contributed by atoms with E-state index < -0.39 is 11.9 Å². The van der Waals surface area contributed by atoms with Crippen LogP contribution in [0.3, 0.4) is 0 Å². The number of imide groups is 1. The maximum atomic E-state index is 12.8. The average Bonchev–Trinajstić information content (AvgIpc) is 3.36. The highest BCUT2D eigenvalue weighted by molar-refractivity contribution is 8.18. The zero-order chi connectivity index (χ0) is 22.7. The number of halogens is 1. The molecule has 2 aromatic carbocycles. The van der Waals surface area contributed by atoms with Crippen LogP contribution in [-0.2, 0) is 16.1 Å². The van der Waals surface area contributed by atoms with Gasteiger partial charge in [-0.05, 0) is 54.6 Å². The largest absolute Gasteiger partial charge is 0.462 e. The van der Waals surface area contributed by atoms with Crippen LogP contribution < -0.4 is 0 Å². The maximum Gasteiger partial charge on any atom is 0.338 e. The lowest BCUT2D eigenvalue weighted by Gasteiger charge is -2.13. The molecule has 1 saturated heterocycles. The first-order chi connectivity index (χ1) is 15.5. The van der Waals surface area contributed by atoms with Crippen molar-refractivity contribution in [1.29, 1.82) is 0 Å². The molecule has 2 amide bonds. The van der Waals surface area contributed by atoms with E-state index in [-0.39, 0.29) is 16.7 Å². The van der Waals surface area contributed by atoms with Crippen molar-refractivity contribution in [3.05, 3.63) is 87.5 Å². The van der Waals surface area contributed by atoms with E-state index in [0.717, 1.165) is 16.7 Å². The first-order valence-corrected chi connectivity index (χ1v) is 11.0. The van der Waals surface area contributed by atoms with Gasteiger partial charge >= 0.3 is 5.97 Å². The number of carbonyl (C=O) groups excluding carboxylic acids is 3. The molecule has 1 aliphatic rings. The molecule has 0 spiro atoms. The number of hydrogen-bond donors (Lipinski definition) is 0. The van der Waals surface area contributed by atoms with E-state index in [1.165, 1.54) is 6.08 Å². The summed E-state index contributed by atoms with van der Waals surface area (Å²) in [5.74, 6) is 0.137. The number of nitrogens with zero attached hydrogens (tertiary/aromatic N) is 1. The molecule has 0 bridgehead atoms. The fraction of sp³-hybridized carbons (Fsp3) is 0.125. The van der Waals surface area contributed by atoms with Crippen LogP contribution in [0.1, 0.15) is 28.6 Å². The van der Waals surface area contributed by atoms with E-state index in [1.54, 1.807) is 61.5 Å². The lowest BCUT2D eigenvalue weighted by atomic mass is 10.1. The van der Waals surface area contributed by atoms with Gasteiger partial charge in [-0.1, -0.05) is 41.9 Å². The summed E-state index contributed by atoms with van der Waals surface area (Å²) in [6.07, 6.45) is 1.54. The van der Waals surface area contributed by atoms with Crippen molar-refractivity contribution in [2.24, 2.45) is 0 Å². The number of esters is 1. The highest BCUT2D eigenvalue weighted by Crippen LogP contribution is 2.35. The van der Waals surface area contributed by atoms with Gasteiger partial charge in [0.05, 0.1) is 23.6 Å². The second-order valence-electron chi connectivity index (χ2n) is 6.86. The van der Waals surface area contributed by atoms with E-state index in [0.29, 0.717) is 39.8 Å². The maximum absolute atomic E-state index is 12.8. The van der Waals surface area contributed by atoms with Gasteiger partial charge in [0.15, 0.2) is 0 Å². The molecule has 0 radical (unpaired) electrons. The van der Waals surface area contributed by atoms with Crippen molar-refractivity contribution < 1.29 is 23.5 Å². The van der Waals surface area contributed by atoms with E-state index >= 15 is 0 Å². The topological polar surface area (TPSA) is 76.8 Å². The van der Waals surface area contributed by atoms with Crippen LogP contribution in [0.25, 0.3) is 17.4 Å². The minimum Gasteiger partial charge on any atom is -0.462 e. The second-order valence-corrected chi connectivity index (χ2v) is 8.26. The van der Waals surface area contributed by atoms with Gasteiger partial charge in [0, 0.05) is 16.7 Å². The van der Waals surface area contributed by atoms with Crippen molar-refractivity contribution in [2.45, 2.75) is 13.5 Å². The summed E-state index contributed by atoms with van der Waals surface area (Å²) < 4.78 is 10.9. The molecule has 0 unspecified atom stereocenters. The van der Waals surface area contributed by atoms with Gasteiger partial charge in [0.1, 0.15) is 11.5 Å². The summed E-state index contributed by atoms with van der Waals surface area (Å²) in [5.41, 5.74) is 1.81. The zero-order valence-electron chi connectivity index (χ0n) is 17.0. The van der Waals surface area contributed by atoms with Crippen molar-refractivity contribution in [3.63, 3.8) is 0 Å². The third-order valence-electron chi connectivity index (χ3n) is 4.72. The number of rotatable bonds is 6. The van der Waals surface area contributed by atoms with Crippen molar-refractivity contribution in [2.75, 3.05) is 6.61 Å². The van der Waals surface area contributed by atoms with Crippen LogP contribution in [-0.4, -0.2) is 28.6 Å². The monoisotopic (exact) mass is 467 g/mol. The molecule has 162 valence electrons. The molecule has 1 aromatic heterocycles. The van der Waals surface area contributed by atoms with Crippen LogP contribution in [0.5, 0.6) is 0 Å². The summed E-state index contributed by atoms with van der Waals surface area (Å²) in [5, 5.41) is 0.131. The Balaban J connectivity index is 1.53. The fourth-order valence-corrected chi connectivity index (χ4v) is 4.18. The van der Waals surface area contributed by atoms with Gasteiger partial charge < -0.3 is 9.15 Å². The quantitative estimate of drug-likeness (QED) is 0.326. The van der Waals surface area contributed by atoms with Gasteiger partial charge in [0.2, 0.25) is 0 Å². The summed E-state index contributed by atoms with van der Waals surface area (Å²) in [7, 11) is 0. The smallest absolute Gasteiger partial charge is 0.338 e. The van der Waals surface area contributed by atoms with Crippen LogP contribution in [0.2, 0.25) is 5.02 Å². The Morgan fingerprint density at radius 3 is 2.72 bits per heavy atom. The van der Waals surface area contributed by atoms with E-state index in [9.17, 15) is 14.4 Å². The van der Waals surface area contributed by atoms with Gasteiger partial charge in [-0.3, -0.25) is 14.5 Å². The minimum absolute atomic E-state index is 0.103. The molecular weight excluding hydrogens is 450 g/mol. The molecule has 0 atom stereocenters. The number of furan rings is 1. The normalized spacial score (nSPS) is 14.9. The predicted octanol–water partition coefficient (Wildman–Crippen LogP) is 6.01. The molecule has 0 N–H and O–H groups in total. The molecule has 4 rings (SSSR count). The van der Waals surface area contributed by atoms with Crippen molar-refractivity contribution >= 4 is 46.6 Å². The summed E-state index contributed by atoms with van der Waals surface area (Å²) in [4.78, 5) is 38.6. The molecule has 6 nitrogen and oxygen atoms in total. The molecule has 3 aromatic rings. The molecule has 1 aliphatic heterocycles. The van der Waals surface area contributed by atoms with Gasteiger partial charge in [-0.25, -0.2) is 4.79 Å². The number of thioether (sulfide) groups is 1. The molecule has 32 heavy (non-hydrogen) atoms. The molecule has 2 heterocycles. The van der Waals surface area contributed by atoms with Crippen LogP contribution in [0.4, 0.5) is 4.79 Å². The van der Waals surface area contributed by atoms with Crippen LogP contribution in [0.15, 0.2) is 70.0 Å². The lowest BCUT2D eigenvalue weighted by molar-refractivity contribution is -0.123. The fourth-order valence-electron chi connectivity index (χ4n) is 3.16. The number of amides is 2. The SMILES string of the molecule is CCOC(=O)c1cccc(-c2ccc(/C=C3\SC(=O)N(Cc4ccccc4Cl)C3=O)o2)c1. The van der Waals surface area contributed by atoms with Crippen LogP contribution in [0, 0.1) is 0 Å². The Kier molecular flexibility index (Phi) is 6.48. The molecular formula is C24H18ClNO5S. The highest BCUT2D eigenvalue weighted by atomic mass is 35.5. The Morgan fingerprint density at radius 1 is 1.12 bits per heavy atom. The van der Waals surface area contributed by atoms with E-state index in [4.69, 9.17) is 20.8 Å². The average molecular weight is 468 g/mol. The van der Waals surface area contributed by atoms with Crippen LogP contribution >= 0.6 is 23.4 Å². The van der Waals surface area contributed by atoms with Crippen molar-refractivity contribution in [1.82, 2.24) is 4.90 Å². The van der Waals surface area contributed by atoms with Crippen molar-refractivity contribution in [3.8, 4) is 11.3 Å². The summed E-state index contributed by atoms with van der Waals surface area (Å²) in [6, 6.07) is 17.4. The number of ether oxygens (including phenoxy) is 1. The molecule has 8 heteroatoms. The van der Waals surface area contributed by atoms with Gasteiger partial charge in [-0.2, -0.15) is 0 Å². The highest BCUT2D eigenvalue weighted by Gasteiger charge is 2.35. The Bertz CT molecular complexity index is 1230. The number of hydrogen-bond acceptors (Lipinski definition) is 6. The Morgan fingerprint density at radius 2 is 1.94 bits per heavy atom. The van der Waals surface area contributed by atoms with Gasteiger partial charge in [0.25, 0.3) is 11.1 Å². The molecule has 0 aliphatic carbocycles. The van der Waals surface area contributed by atoms with E-state index in [2.05, 4.69) is 0 Å². The van der Waals surface area contributed by atoms with E-state index in [1.807, 2.05) is 6.07 Å². The second kappa shape index (κ2) is 9.46. The Hall–Kier alpha value is -3.29. The predicted molar refractivity (Wildman–Crippen MR) is 123 cm³/mol. The standard InChI is InChI=1S/C24H18ClNO5S/c1-2-30-23(28)16-8-5-7-15(12-16)20-11-10-18(31-20)13-21-22(27)26(24(29)32-21)14-17-6-3-4-9-19(17)25/h3-13H,2,14H2,1H3/b21-13-. The summed E-state index contributed by atoms with van der Waals surface area (Å²) >= 11 is 7.01. The summed E-state index contributed by atoms with van der Waals surface area (Å²) in [6.45, 7) is 2.14. The first kappa shape index (κ1) is 21.9. The minimum atomic E-state index is -0.409.